The Kier molecular flexibility index (Phi) is 5.21. The Morgan fingerprint density at radius 2 is 2.00 bits per heavy atom. The smallest absolute Gasteiger partial charge is 0.342 e. The zero-order valence-corrected chi connectivity index (χ0v) is 16.0. The quantitative estimate of drug-likeness (QED) is 0.511. The Hall–Kier alpha value is -4.07. The minimum absolute atomic E-state index is 0.134. The number of nitrogens with zero attached hydrogens (tertiary/aromatic N) is 3. The van der Waals surface area contributed by atoms with Gasteiger partial charge >= 0.3 is 5.97 Å². The first-order valence-electron chi connectivity index (χ1n) is 9.14. The molecule has 4 aromatic rings. The monoisotopic (exact) mass is 404 g/mol. The maximum Gasteiger partial charge on any atom is 0.342 e. The van der Waals surface area contributed by atoms with E-state index in [0.717, 1.165) is 5.56 Å². The van der Waals surface area contributed by atoms with Gasteiger partial charge in [-0.3, -0.25) is 9.20 Å². The van der Waals surface area contributed by atoms with Gasteiger partial charge < -0.3 is 10.1 Å². The minimum atomic E-state index is -0.672. The third-order valence-corrected chi connectivity index (χ3v) is 4.44. The van der Waals surface area contributed by atoms with Crippen LogP contribution in [0, 0.1) is 12.7 Å². The maximum absolute atomic E-state index is 13.9. The summed E-state index contributed by atoms with van der Waals surface area (Å²) in [7, 11) is 0. The molecule has 0 unspecified atom stereocenters. The standard InChI is InChI=1S/C22H17FN4O3/c1-14-6-5-11-27-19(28)12-15(25-21(14)27)13-30-22(29)16-7-4-10-24-20(16)26-18-9-3-2-8-17(18)23/h2-12H,13H2,1H3,(H,24,26). The molecule has 0 spiro atoms. The Morgan fingerprint density at radius 3 is 2.83 bits per heavy atom. The van der Waals surface area contributed by atoms with Gasteiger partial charge in [-0.25, -0.2) is 19.2 Å². The Bertz CT molecular complexity index is 1300. The van der Waals surface area contributed by atoms with Crippen molar-refractivity contribution >= 4 is 23.1 Å². The molecule has 30 heavy (non-hydrogen) atoms. The van der Waals surface area contributed by atoms with Crippen molar-refractivity contribution in [1.29, 1.82) is 0 Å². The van der Waals surface area contributed by atoms with E-state index in [9.17, 15) is 14.0 Å². The van der Waals surface area contributed by atoms with Crippen molar-refractivity contribution in [3.05, 3.63) is 100.0 Å². The molecule has 0 atom stereocenters. The summed E-state index contributed by atoms with van der Waals surface area (Å²) in [4.78, 5) is 33.4. The number of esters is 1. The second-order valence-electron chi connectivity index (χ2n) is 6.55. The van der Waals surface area contributed by atoms with E-state index in [0.29, 0.717) is 11.3 Å². The van der Waals surface area contributed by atoms with E-state index >= 15 is 0 Å². The molecule has 1 aromatic carbocycles. The number of carbonyl (C=O) groups is 1. The van der Waals surface area contributed by atoms with Crippen molar-refractivity contribution in [3.63, 3.8) is 0 Å². The fourth-order valence-electron chi connectivity index (χ4n) is 2.96. The molecule has 0 saturated heterocycles. The van der Waals surface area contributed by atoms with Gasteiger partial charge in [-0.1, -0.05) is 18.2 Å². The zero-order valence-electron chi connectivity index (χ0n) is 16.0. The van der Waals surface area contributed by atoms with Gasteiger partial charge in [0.25, 0.3) is 5.56 Å². The lowest BCUT2D eigenvalue weighted by Gasteiger charge is -2.11. The van der Waals surface area contributed by atoms with Crippen LogP contribution in [0.2, 0.25) is 0 Å². The number of rotatable bonds is 5. The van der Waals surface area contributed by atoms with Crippen LogP contribution in [0.1, 0.15) is 21.6 Å². The van der Waals surface area contributed by atoms with Gasteiger partial charge in [0.2, 0.25) is 0 Å². The minimum Gasteiger partial charge on any atom is -0.455 e. The van der Waals surface area contributed by atoms with Crippen LogP contribution in [0.5, 0.6) is 0 Å². The number of ether oxygens (including phenoxy) is 1. The van der Waals surface area contributed by atoms with Crippen molar-refractivity contribution in [2.24, 2.45) is 0 Å². The highest BCUT2D eigenvalue weighted by atomic mass is 19.1. The van der Waals surface area contributed by atoms with Crippen LogP contribution in [0.4, 0.5) is 15.9 Å². The number of nitrogens with one attached hydrogen (secondary N) is 1. The predicted molar refractivity (Wildman–Crippen MR) is 109 cm³/mol. The number of hydrogen-bond acceptors (Lipinski definition) is 6. The fraction of sp³-hybridized carbons (Fsp3) is 0.0909. The number of pyridine rings is 2. The largest absolute Gasteiger partial charge is 0.455 e. The van der Waals surface area contributed by atoms with E-state index in [2.05, 4.69) is 15.3 Å². The van der Waals surface area contributed by atoms with Crippen LogP contribution in [0.3, 0.4) is 0 Å². The molecule has 8 heteroatoms. The number of fused-ring (bicyclic) bond motifs is 1. The number of benzene rings is 1. The van der Waals surface area contributed by atoms with Crippen LogP contribution in [-0.2, 0) is 11.3 Å². The fourth-order valence-corrected chi connectivity index (χ4v) is 2.96. The zero-order chi connectivity index (χ0) is 21.1. The number of anilines is 2. The van der Waals surface area contributed by atoms with E-state index in [1.165, 1.54) is 34.9 Å². The van der Waals surface area contributed by atoms with Gasteiger partial charge in [-0.15, -0.1) is 0 Å². The van der Waals surface area contributed by atoms with Crippen LogP contribution in [0.15, 0.2) is 71.8 Å². The van der Waals surface area contributed by atoms with Crippen LogP contribution >= 0.6 is 0 Å². The number of carbonyl (C=O) groups excluding carboxylic acids is 1. The first-order valence-corrected chi connectivity index (χ1v) is 9.14. The van der Waals surface area contributed by atoms with Gasteiger partial charge in [0.05, 0.1) is 11.4 Å². The summed E-state index contributed by atoms with van der Waals surface area (Å²) in [6.45, 7) is 1.65. The summed E-state index contributed by atoms with van der Waals surface area (Å²) >= 11 is 0. The van der Waals surface area contributed by atoms with Gasteiger partial charge in [0, 0.05) is 18.5 Å². The average Bonchev–Trinajstić information content (AvgIpc) is 2.75. The van der Waals surface area contributed by atoms with Crippen molar-refractivity contribution < 1.29 is 13.9 Å². The van der Waals surface area contributed by atoms with Gasteiger partial charge in [-0.05, 0) is 42.8 Å². The van der Waals surface area contributed by atoms with E-state index < -0.39 is 11.8 Å². The molecule has 4 rings (SSSR count). The third kappa shape index (κ3) is 3.88. The average molecular weight is 404 g/mol. The maximum atomic E-state index is 13.9. The topological polar surface area (TPSA) is 85.6 Å². The van der Waals surface area contributed by atoms with E-state index in [4.69, 9.17) is 4.74 Å². The number of aromatic nitrogens is 3. The lowest BCUT2D eigenvalue weighted by molar-refractivity contribution is 0.0468. The Labute approximate surface area is 170 Å². The van der Waals surface area contributed by atoms with E-state index in [-0.39, 0.29) is 29.2 Å². The van der Waals surface area contributed by atoms with Crippen molar-refractivity contribution in [2.45, 2.75) is 13.5 Å². The molecule has 0 saturated carbocycles. The normalized spacial score (nSPS) is 10.7. The summed E-state index contributed by atoms with van der Waals surface area (Å²) in [5, 5.41) is 2.80. The van der Waals surface area contributed by atoms with Crippen LogP contribution in [-0.4, -0.2) is 20.3 Å². The van der Waals surface area contributed by atoms with E-state index in [1.54, 1.807) is 30.5 Å². The molecule has 150 valence electrons. The SMILES string of the molecule is Cc1cccn2c(=O)cc(COC(=O)c3cccnc3Nc3ccccc3F)nc12. The Morgan fingerprint density at radius 1 is 1.17 bits per heavy atom. The molecule has 1 N–H and O–H groups in total. The van der Waals surface area contributed by atoms with Crippen molar-refractivity contribution in [3.8, 4) is 0 Å². The number of halogens is 1. The summed E-state index contributed by atoms with van der Waals surface area (Å²) in [5.74, 6) is -0.984. The number of para-hydroxylation sites is 1. The lowest BCUT2D eigenvalue weighted by Crippen LogP contribution is -2.17. The number of aryl methyl sites for hydroxylation is 1. The van der Waals surface area contributed by atoms with Gasteiger partial charge in [-0.2, -0.15) is 0 Å². The molecule has 7 nitrogen and oxygen atoms in total. The Balaban J connectivity index is 1.56. The summed E-state index contributed by atoms with van der Waals surface area (Å²) in [6.07, 6.45) is 3.11. The molecule has 0 amide bonds. The van der Waals surface area contributed by atoms with Gasteiger partial charge in [0.15, 0.2) is 0 Å². The summed E-state index contributed by atoms with van der Waals surface area (Å²) in [6, 6.07) is 14.1. The molecule has 0 aliphatic heterocycles. The molecule has 0 radical (unpaired) electrons. The van der Waals surface area contributed by atoms with Crippen LogP contribution < -0.4 is 10.9 Å². The second-order valence-corrected chi connectivity index (χ2v) is 6.55. The molecule has 0 aliphatic rings. The molecule has 3 aromatic heterocycles. The molecular weight excluding hydrogens is 387 g/mol. The highest BCUT2D eigenvalue weighted by molar-refractivity contribution is 5.95. The predicted octanol–water partition coefficient (Wildman–Crippen LogP) is 3.64. The van der Waals surface area contributed by atoms with Crippen molar-refractivity contribution in [1.82, 2.24) is 14.4 Å². The third-order valence-electron chi connectivity index (χ3n) is 4.44. The summed E-state index contributed by atoms with van der Waals surface area (Å²) < 4.78 is 20.7. The van der Waals surface area contributed by atoms with Crippen LogP contribution in [0.25, 0.3) is 5.65 Å². The molecule has 0 bridgehead atoms. The molecule has 3 heterocycles. The molecule has 0 aliphatic carbocycles. The summed E-state index contributed by atoms with van der Waals surface area (Å²) in [5.41, 5.74) is 1.71. The molecular formula is C22H17FN4O3. The van der Waals surface area contributed by atoms with Crippen molar-refractivity contribution in [2.75, 3.05) is 5.32 Å². The first-order chi connectivity index (χ1) is 14.5. The highest BCUT2D eigenvalue weighted by Gasteiger charge is 2.16. The first kappa shape index (κ1) is 19.3. The number of hydrogen-bond donors (Lipinski definition) is 1. The molecule has 0 fully saturated rings. The second kappa shape index (κ2) is 8.12. The van der Waals surface area contributed by atoms with E-state index in [1.807, 2.05) is 13.0 Å². The highest BCUT2D eigenvalue weighted by Crippen LogP contribution is 2.21. The van der Waals surface area contributed by atoms with Gasteiger partial charge in [0.1, 0.15) is 29.5 Å². The lowest BCUT2D eigenvalue weighted by atomic mass is 10.2.